The topological polar surface area (TPSA) is 107 Å². The molecule has 0 radical (unpaired) electrons. The summed E-state index contributed by atoms with van der Waals surface area (Å²) in [5.41, 5.74) is 11.6. The first-order valence-electron chi connectivity index (χ1n) is 12.6. The van der Waals surface area contributed by atoms with Crippen molar-refractivity contribution in [2.75, 3.05) is 37.3 Å². The van der Waals surface area contributed by atoms with Crippen LogP contribution in [0.1, 0.15) is 37.8 Å². The summed E-state index contributed by atoms with van der Waals surface area (Å²) in [7, 11) is 0. The number of anilines is 3. The van der Waals surface area contributed by atoms with Crippen molar-refractivity contribution in [3.8, 4) is 22.8 Å². The Bertz CT molecular complexity index is 1340. The molecule has 4 aromatic rings. The molecule has 9 nitrogen and oxygen atoms in total. The van der Waals surface area contributed by atoms with Gasteiger partial charge in [0.15, 0.2) is 5.82 Å². The van der Waals surface area contributed by atoms with Gasteiger partial charge in [-0.15, -0.1) is 15.3 Å². The van der Waals surface area contributed by atoms with Gasteiger partial charge in [-0.05, 0) is 86.7 Å². The molecule has 1 aliphatic heterocycles. The predicted octanol–water partition coefficient (Wildman–Crippen LogP) is 4.65. The maximum atomic E-state index is 6.20. The van der Waals surface area contributed by atoms with Gasteiger partial charge >= 0.3 is 0 Å². The summed E-state index contributed by atoms with van der Waals surface area (Å²) in [6.07, 6.45) is 5.61. The number of hydrogen-bond acceptors (Lipinski definition) is 8. The van der Waals surface area contributed by atoms with Gasteiger partial charge in [-0.1, -0.05) is 31.7 Å². The number of fused-ring (bicyclic) bond motifs is 3. The summed E-state index contributed by atoms with van der Waals surface area (Å²) in [5, 5.41) is 16.7. The number of nitrogens with zero attached hydrogens (tertiary/aromatic N) is 6. The normalized spacial score (nSPS) is 14.8. The number of hydrogen-bond donors (Lipinski definition) is 2. The van der Waals surface area contributed by atoms with Gasteiger partial charge in [0, 0.05) is 17.8 Å². The van der Waals surface area contributed by atoms with Crippen LogP contribution in [0, 0.1) is 0 Å². The summed E-state index contributed by atoms with van der Waals surface area (Å²) < 4.78 is 7.42. The smallest absolute Gasteiger partial charge is 0.248 e. The van der Waals surface area contributed by atoms with Gasteiger partial charge in [-0.2, -0.15) is 9.67 Å². The van der Waals surface area contributed by atoms with Crippen LogP contribution in [0.3, 0.4) is 0 Å². The van der Waals surface area contributed by atoms with Crippen LogP contribution in [0.5, 0.6) is 5.75 Å². The Labute approximate surface area is 217 Å². The Balaban J connectivity index is 0.00000280. The molecule has 0 atom stereocenters. The van der Waals surface area contributed by atoms with E-state index >= 15 is 0 Å². The highest BCUT2D eigenvalue weighted by Crippen LogP contribution is 2.31. The zero-order valence-corrected chi connectivity index (χ0v) is 20.2. The number of nitrogen functional groups attached to an aromatic ring is 1. The fraction of sp³-hybridized carbons (Fsp3) is 0.357. The summed E-state index contributed by atoms with van der Waals surface area (Å²) >= 11 is 0. The Morgan fingerprint density at radius 3 is 2.54 bits per heavy atom. The number of rotatable bonds is 7. The van der Waals surface area contributed by atoms with Crippen molar-refractivity contribution in [1.29, 1.82) is 0 Å². The zero-order chi connectivity index (χ0) is 24.3. The first-order chi connectivity index (χ1) is 17.7. The van der Waals surface area contributed by atoms with Gasteiger partial charge in [0.1, 0.15) is 12.4 Å². The molecular weight excluding hydrogens is 464 g/mol. The lowest BCUT2D eigenvalue weighted by Gasteiger charge is -2.15. The van der Waals surface area contributed by atoms with E-state index in [1.54, 1.807) is 0 Å². The molecule has 2 aromatic heterocycles. The van der Waals surface area contributed by atoms with Gasteiger partial charge in [0.05, 0.1) is 5.69 Å². The van der Waals surface area contributed by atoms with Gasteiger partial charge in [-0.25, -0.2) is 0 Å². The van der Waals surface area contributed by atoms with Crippen LogP contribution < -0.4 is 15.8 Å². The molecule has 3 heterocycles. The Morgan fingerprint density at radius 1 is 0.919 bits per heavy atom. The number of aryl methyl sites for hydroxylation is 2. The highest BCUT2D eigenvalue weighted by atomic mass is 16.5. The molecule has 1 fully saturated rings. The maximum absolute atomic E-state index is 6.20. The third-order valence-corrected chi connectivity index (χ3v) is 6.86. The molecule has 9 heteroatoms. The second kappa shape index (κ2) is 11.0. The number of aromatic nitrogens is 5. The largest absolute Gasteiger partial charge is 0.492 e. The first kappa shape index (κ1) is 24.7. The van der Waals surface area contributed by atoms with E-state index in [0.717, 1.165) is 54.1 Å². The minimum absolute atomic E-state index is 0. The van der Waals surface area contributed by atoms with Crippen molar-refractivity contribution in [2.45, 2.75) is 39.5 Å². The van der Waals surface area contributed by atoms with Crippen molar-refractivity contribution in [3.63, 3.8) is 0 Å². The van der Waals surface area contributed by atoms with Crippen LogP contribution in [0.4, 0.5) is 17.6 Å². The van der Waals surface area contributed by atoms with Crippen molar-refractivity contribution < 1.29 is 4.74 Å². The van der Waals surface area contributed by atoms with Gasteiger partial charge in [-0.3, -0.25) is 4.90 Å². The van der Waals surface area contributed by atoms with Crippen LogP contribution in [0.25, 0.3) is 17.1 Å². The van der Waals surface area contributed by atoms with Crippen molar-refractivity contribution in [1.82, 2.24) is 29.9 Å². The van der Waals surface area contributed by atoms with Gasteiger partial charge in [0.2, 0.25) is 11.9 Å². The van der Waals surface area contributed by atoms with E-state index < -0.39 is 0 Å². The van der Waals surface area contributed by atoms with E-state index in [4.69, 9.17) is 10.5 Å². The minimum atomic E-state index is 0. The van der Waals surface area contributed by atoms with Crippen LogP contribution in [0.15, 0.2) is 54.6 Å². The maximum Gasteiger partial charge on any atom is 0.248 e. The fourth-order valence-electron chi connectivity index (χ4n) is 4.99. The number of ether oxygens (including phenoxy) is 1. The molecule has 0 saturated carbocycles. The molecule has 1 aliphatic carbocycles. The summed E-state index contributed by atoms with van der Waals surface area (Å²) in [5.74, 6) is 2.06. The third-order valence-electron chi connectivity index (χ3n) is 6.86. The van der Waals surface area contributed by atoms with Crippen LogP contribution in [0.2, 0.25) is 0 Å². The lowest BCUT2D eigenvalue weighted by molar-refractivity contribution is 0.238. The number of nitrogens with two attached hydrogens (primary N) is 1. The second-order valence-electron chi connectivity index (χ2n) is 9.34. The summed E-state index contributed by atoms with van der Waals surface area (Å²) in [6.45, 7) is 4.03. The number of nitrogens with one attached hydrogen (secondary N) is 1. The number of likely N-dealkylation sites (tertiary alicyclic amines) is 1. The van der Waals surface area contributed by atoms with Gasteiger partial charge < -0.3 is 15.8 Å². The standard InChI is InChI=1S/C27H30N8O.CH4/c28-26-30-27(29-21-10-12-22(13-11-21)36-17-16-34-14-3-4-15-34)33-35(26)24-18-20-8-5-7-19-6-1-2-9-23(19)25(20)32-31-24;/h1-2,6,9-13,18H,3-5,7-8,14-17H2,(H3,28,29,30,33);1H4. The zero-order valence-electron chi connectivity index (χ0n) is 20.2. The van der Waals surface area contributed by atoms with E-state index in [9.17, 15) is 0 Å². The van der Waals surface area contributed by atoms with E-state index in [1.165, 1.54) is 36.2 Å². The second-order valence-corrected chi connectivity index (χ2v) is 9.34. The van der Waals surface area contributed by atoms with Crippen molar-refractivity contribution in [2.24, 2.45) is 0 Å². The molecule has 37 heavy (non-hydrogen) atoms. The Morgan fingerprint density at radius 2 is 1.70 bits per heavy atom. The molecule has 2 aliphatic rings. The molecular formula is C28H34N8O. The Hall–Kier alpha value is -3.98. The first-order valence-corrected chi connectivity index (χ1v) is 12.6. The number of benzene rings is 2. The third kappa shape index (κ3) is 5.41. The average Bonchev–Trinajstić information content (AvgIpc) is 3.50. The fourth-order valence-corrected chi connectivity index (χ4v) is 4.99. The average molecular weight is 499 g/mol. The molecule has 1 saturated heterocycles. The lowest BCUT2D eigenvalue weighted by atomic mass is 10.0. The van der Waals surface area contributed by atoms with Crippen molar-refractivity contribution in [3.05, 3.63) is 65.7 Å². The molecule has 0 bridgehead atoms. The lowest BCUT2D eigenvalue weighted by Crippen LogP contribution is -2.25. The van der Waals surface area contributed by atoms with Gasteiger partial charge in [0.25, 0.3) is 0 Å². The Kier molecular flexibility index (Phi) is 7.32. The summed E-state index contributed by atoms with van der Waals surface area (Å²) in [6, 6.07) is 18.2. The van der Waals surface area contributed by atoms with Crippen LogP contribution in [-0.4, -0.2) is 56.1 Å². The van der Waals surface area contributed by atoms with Crippen LogP contribution in [-0.2, 0) is 12.8 Å². The molecule has 6 rings (SSSR count). The predicted molar refractivity (Wildman–Crippen MR) is 146 cm³/mol. The molecule has 2 aromatic carbocycles. The highest BCUT2D eigenvalue weighted by Gasteiger charge is 2.19. The molecule has 192 valence electrons. The monoisotopic (exact) mass is 498 g/mol. The van der Waals surface area contributed by atoms with Crippen molar-refractivity contribution >= 4 is 17.6 Å². The highest BCUT2D eigenvalue weighted by molar-refractivity contribution is 5.68. The molecule has 0 amide bonds. The molecule has 0 spiro atoms. The molecule has 3 N–H and O–H groups in total. The van der Waals surface area contributed by atoms with E-state index in [0.29, 0.717) is 18.4 Å². The van der Waals surface area contributed by atoms with E-state index in [1.807, 2.05) is 36.4 Å². The van der Waals surface area contributed by atoms with Crippen LogP contribution >= 0.6 is 0 Å². The summed E-state index contributed by atoms with van der Waals surface area (Å²) in [4.78, 5) is 6.82. The van der Waals surface area contributed by atoms with E-state index in [-0.39, 0.29) is 13.4 Å². The quantitative estimate of drug-likeness (QED) is 0.379. The molecule has 0 unspecified atom stereocenters. The SMILES string of the molecule is C.Nc1nc(Nc2ccc(OCCN3CCCC3)cc2)nn1-c1cc2c(nn1)-c1ccccc1CCC2. The van der Waals surface area contributed by atoms with E-state index in [2.05, 4.69) is 48.7 Å². The minimum Gasteiger partial charge on any atom is -0.492 e.